The van der Waals surface area contributed by atoms with E-state index in [1.165, 1.54) is 0 Å². The maximum Gasteiger partial charge on any atom is 0.212 e. The molecule has 6 heteroatoms. The van der Waals surface area contributed by atoms with Crippen LogP contribution in [0.1, 0.15) is 11.1 Å². The van der Waals surface area contributed by atoms with Gasteiger partial charge in [-0.05, 0) is 11.1 Å². The molecule has 20 heavy (non-hydrogen) atoms. The maximum atomic E-state index is 5.36. The highest BCUT2D eigenvalue weighted by Crippen LogP contribution is 2.05. The maximum absolute atomic E-state index is 5.36. The van der Waals surface area contributed by atoms with E-state index >= 15 is 0 Å². The summed E-state index contributed by atoms with van der Waals surface area (Å²) in [5, 5.41) is 0. The first-order valence-corrected chi connectivity index (χ1v) is 6.11. The Morgan fingerprint density at radius 3 is 1.40 bits per heavy atom. The predicted octanol–water partition coefficient (Wildman–Crippen LogP) is 1.10. The summed E-state index contributed by atoms with van der Waals surface area (Å²) in [5.74, 6) is 1.24. The second kappa shape index (κ2) is 8.84. The van der Waals surface area contributed by atoms with Crippen molar-refractivity contribution in [1.82, 2.24) is 9.97 Å². The molecule has 0 aliphatic heterocycles. The molecule has 2 heterocycles. The van der Waals surface area contributed by atoms with Crippen LogP contribution in [0.3, 0.4) is 0 Å². The van der Waals surface area contributed by atoms with Crippen molar-refractivity contribution in [3.05, 3.63) is 47.8 Å². The fourth-order valence-corrected chi connectivity index (χ4v) is 1.30. The van der Waals surface area contributed by atoms with Gasteiger partial charge in [0, 0.05) is 37.6 Å². The zero-order valence-electron chi connectivity index (χ0n) is 11.7. The molecule has 0 radical (unpaired) electrons. The lowest BCUT2D eigenvalue weighted by Crippen LogP contribution is -1.97. The minimum absolute atomic E-state index is 0.525. The lowest BCUT2D eigenvalue weighted by atomic mass is 10.3. The van der Waals surface area contributed by atoms with E-state index < -0.39 is 0 Å². The summed E-state index contributed by atoms with van der Waals surface area (Å²) in [5.41, 5.74) is 12.8. The van der Waals surface area contributed by atoms with Crippen LogP contribution in [0.5, 0.6) is 11.8 Å². The van der Waals surface area contributed by atoms with Crippen molar-refractivity contribution in [3.8, 4) is 11.8 Å². The molecular formula is C14H20N4O2. The third kappa shape index (κ3) is 5.21. The number of pyridine rings is 2. The summed E-state index contributed by atoms with van der Waals surface area (Å²) < 4.78 is 9.72. The van der Waals surface area contributed by atoms with Gasteiger partial charge in [0.2, 0.25) is 11.8 Å². The summed E-state index contributed by atoms with van der Waals surface area (Å²) in [7, 11) is 3.18. The first-order valence-electron chi connectivity index (χ1n) is 6.11. The van der Waals surface area contributed by atoms with E-state index in [1.54, 1.807) is 38.7 Å². The van der Waals surface area contributed by atoms with Crippen LogP contribution in [0.15, 0.2) is 36.7 Å². The number of hydrogen-bond acceptors (Lipinski definition) is 6. The minimum atomic E-state index is 0.525. The standard InChI is InChI=1S/2C7H10N2O/c2*1-10-7-3-2-6(4-8)5-9-7/h2*2-3,5H,4,8H2,1H3. The Balaban J connectivity index is 0.000000200. The van der Waals surface area contributed by atoms with Crippen LogP contribution in [0.2, 0.25) is 0 Å². The van der Waals surface area contributed by atoms with E-state index in [9.17, 15) is 0 Å². The summed E-state index contributed by atoms with van der Waals surface area (Å²) in [6.45, 7) is 1.05. The van der Waals surface area contributed by atoms with Gasteiger partial charge >= 0.3 is 0 Å². The topological polar surface area (TPSA) is 96.3 Å². The Bertz CT molecular complexity index is 392. The van der Waals surface area contributed by atoms with Crippen LogP contribution < -0.4 is 20.9 Å². The fourth-order valence-electron chi connectivity index (χ4n) is 1.30. The first kappa shape index (κ1) is 15.9. The van der Waals surface area contributed by atoms with Gasteiger partial charge in [0.05, 0.1) is 14.2 Å². The van der Waals surface area contributed by atoms with E-state index in [1.807, 2.05) is 12.1 Å². The van der Waals surface area contributed by atoms with Crippen molar-refractivity contribution in [2.24, 2.45) is 11.5 Å². The lowest BCUT2D eigenvalue weighted by Gasteiger charge is -1.98. The number of aromatic nitrogens is 2. The molecule has 0 spiro atoms. The van der Waals surface area contributed by atoms with E-state index in [0.29, 0.717) is 24.8 Å². The summed E-state index contributed by atoms with van der Waals surface area (Å²) in [4.78, 5) is 7.93. The molecule has 2 aromatic heterocycles. The zero-order valence-corrected chi connectivity index (χ0v) is 11.7. The molecule has 0 atom stereocenters. The molecule has 0 saturated heterocycles. The van der Waals surface area contributed by atoms with Crippen LogP contribution in [0.4, 0.5) is 0 Å². The van der Waals surface area contributed by atoms with Crippen LogP contribution >= 0.6 is 0 Å². The van der Waals surface area contributed by atoms with E-state index in [2.05, 4.69) is 9.97 Å². The molecular weight excluding hydrogens is 256 g/mol. The zero-order chi connectivity index (χ0) is 14.8. The molecule has 0 unspecified atom stereocenters. The van der Waals surface area contributed by atoms with Crippen LogP contribution in [0.25, 0.3) is 0 Å². The number of nitrogens with zero attached hydrogens (tertiary/aromatic N) is 2. The third-order valence-corrected chi connectivity index (χ3v) is 2.48. The molecule has 108 valence electrons. The highest BCUT2D eigenvalue weighted by atomic mass is 16.5. The Morgan fingerprint density at radius 2 is 1.20 bits per heavy atom. The van der Waals surface area contributed by atoms with Crippen LogP contribution in [-0.2, 0) is 13.1 Å². The highest BCUT2D eigenvalue weighted by Gasteiger charge is 1.91. The molecule has 2 aromatic rings. The average Bonchev–Trinajstić information content (AvgIpc) is 2.55. The van der Waals surface area contributed by atoms with Gasteiger partial charge < -0.3 is 20.9 Å². The molecule has 0 aromatic carbocycles. The molecule has 0 fully saturated rings. The Hall–Kier alpha value is -2.18. The molecule has 2 rings (SSSR count). The predicted molar refractivity (Wildman–Crippen MR) is 77.4 cm³/mol. The van der Waals surface area contributed by atoms with Gasteiger partial charge in [-0.15, -0.1) is 0 Å². The minimum Gasteiger partial charge on any atom is -0.481 e. The molecule has 0 aliphatic rings. The van der Waals surface area contributed by atoms with Gasteiger partial charge in [0.1, 0.15) is 0 Å². The van der Waals surface area contributed by atoms with E-state index in [0.717, 1.165) is 11.1 Å². The second-order valence-electron chi connectivity index (χ2n) is 3.83. The molecule has 0 bridgehead atoms. The highest BCUT2D eigenvalue weighted by molar-refractivity contribution is 5.17. The molecule has 0 aliphatic carbocycles. The van der Waals surface area contributed by atoms with Crippen molar-refractivity contribution in [3.63, 3.8) is 0 Å². The largest absolute Gasteiger partial charge is 0.481 e. The van der Waals surface area contributed by atoms with Crippen molar-refractivity contribution < 1.29 is 9.47 Å². The van der Waals surface area contributed by atoms with E-state index in [-0.39, 0.29) is 0 Å². The smallest absolute Gasteiger partial charge is 0.212 e. The van der Waals surface area contributed by atoms with Crippen molar-refractivity contribution in [2.45, 2.75) is 13.1 Å². The normalized spacial score (nSPS) is 9.40. The SMILES string of the molecule is COc1ccc(CN)cn1.COc1ccc(CN)cn1. The number of ether oxygens (including phenoxy) is 2. The van der Waals surface area contributed by atoms with Crippen molar-refractivity contribution in [1.29, 1.82) is 0 Å². The summed E-state index contributed by atoms with van der Waals surface area (Å²) >= 11 is 0. The monoisotopic (exact) mass is 276 g/mol. The van der Waals surface area contributed by atoms with Crippen molar-refractivity contribution in [2.75, 3.05) is 14.2 Å². The average molecular weight is 276 g/mol. The molecule has 4 N–H and O–H groups in total. The van der Waals surface area contributed by atoms with Gasteiger partial charge in [-0.1, -0.05) is 12.1 Å². The lowest BCUT2D eigenvalue weighted by molar-refractivity contribution is 0.397. The number of hydrogen-bond donors (Lipinski definition) is 2. The molecule has 0 amide bonds. The third-order valence-electron chi connectivity index (χ3n) is 2.48. The van der Waals surface area contributed by atoms with Crippen LogP contribution in [-0.4, -0.2) is 24.2 Å². The summed E-state index contributed by atoms with van der Waals surface area (Å²) in [6.07, 6.45) is 3.41. The number of methoxy groups -OCH3 is 2. The molecule has 6 nitrogen and oxygen atoms in total. The van der Waals surface area contributed by atoms with Crippen LogP contribution in [0, 0.1) is 0 Å². The molecule has 0 saturated carbocycles. The fraction of sp³-hybridized carbons (Fsp3) is 0.286. The summed E-state index contributed by atoms with van der Waals surface area (Å²) in [6, 6.07) is 7.38. The van der Waals surface area contributed by atoms with Gasteiger partial charge in [0.25, 0.3) is 0 Å². The number of rotatable bonds is 4. The first-order chi connectivity index (χ1) is 9.73. The van der Waals surface area contributed by atoms with Crippen molar-refractivity contribution >= 4 is 0 Å². The van der Waals surface area contributed by atoms with Gasteiger partial charge in [-0.3, -0.25) is 0 Å². The van der Waals surface area contributed by atoms with Gasteiger partial charge in [-0.2, -0.15) is 0 Å². The Labute approximate surface area is 118 Å². The van der Waals surface area contributed by atoms with Gasteiger partial charge in [0.15, 0.2) is 0 Å². The van der Waals surface area contributed by atoms with E-state index in [4.69, 9.17) is 20.9 Å². The number of nitrogens with two attached hydrogens (primary N) is 2. The quantitative estimate of drug-likeness (QED) is 0.868. The Kier molecular flexibility index (Phi) is 7.02. The Morgan fingerprint density at radius 1 is 0.800 bits per heavy atom. The van der Waals surface area contributed by atoms with Gasteiger partial charge in [-0.25, -0.2) is 9.97 Å². The second-order valence-corrected chi connectivity index (χ2v) is 3.83.